The molecule has 3 atom stereocenters. The lowest BCUT2D eigenvalue weighted by Crippen LogP contribution is -2.53. The number of nitrogens with one attached hydrogen (secondary N) is 1. The lowest BCUT2D eigenvalue weighted by atomic mass is 9.94. The second-order valence-corrected chi connectivity index (χ2v) is 12.6. The average Bonchev–Trinajstić information content (AvgIpc) is 3.47. The number of hydrogen-bond donors (Lipinski definition) is 2. The van der Waals surface area contributed by atoms with Gasteiger partial charge in [0.15, 0.2) is 0 Å². The molecule has 208 valence electrons. The highest BCUT2D eigenvalue weighted by Gasteiger charge is 2.40. The first-order valence-electron chi connectivity index (χ1n) is 14.5. The minimum atomic E-state index is 0.240. The van der Waals surface area contributed by atoms with E-state index in [1.807, 2.05) is 24.3 Å². The predicted molar refractivity (Wildman–Crippen MR) is 160 cm³/mol. The van der Waals surface area contributed by atoms with E-state index in [0.717, 1.165) is 84.2 Å². The van der Waals surface area contributed by atoms with Crippen LogP contribution in [0.3, 0.4) is 0 Å². The maximum atomic E-state index is 10.6. The summed E-state index contributed by atoms with van der Waals surface area (Å²) in [7, 11) is 2.14. The van der Waals surface area contributed by atoms with Crippen molar-refractivity contribution >= 4 is 38.2 Å². The molecule has 0 unspecified atom stereocenters. The first-order chi connectivity index (χ1) is 19.5. The third-order valence-corrected chi connectivity index (χ3v) is 10.0. The van der Waals surface area contributed by atoms with E-state index in [2.05, 4.69) is 49.1 Å². The van der Waals surface area contributed by atoms with Crippen molar-refractivity contribution in [3.05, 3.63) is 51.5 Å². The van der Waals surface area contributed by atoms with E-state index in [0.29, 0.717) is 42.7 Å². The number of nitrogens with zero attached hydrogens (tertiary/aromatic N) is 5. The van der Waals surface area contributed by atoms with Crippen molar-refractivity contribution in [2.24, 2.45) is 0 Å². The van der Waals surface area contributed by atoms with E-state index >= 15 is 0 Å². The molecule has 0 radical (unpaired) electrons. The van der Waals surface area contributed by atoms with Crippen molar-refractivity contribution in [2.75, 3.05) is 49.6 Å². The van der Waals surface area contributed by atoms with E-state index in [9.17, 15) is 10.4 Å². The third-order valence-electron chi connectivity index (χ3n) is 9.39. The number of ether oxygens (including phenoxy) is 1. The molecule has 8 nitrogen and oxygen atoms in total. The van der Waals surface area contributed by atoms with Gasteiger partial charge < -0.3 is 29.9 Å². The van der Waals surface area contributed by atoms with Crippen LogP contribution in [0.2, 0.25) is 0 Å². The van der Waals surface area contributed by atoms with Crippen LogP contribution in [0.25, 0.3) is 10.8 Å². The van der Waals surface area contributed by atoms with Gasteiger partial charge in [0.25, 0.3) is 0 Å². The molecule has 9 heteroatoms. The average molecular weight is 604 g/mol. The van der Waals surface area contributed by atoms with Crippen LogP contribution in [-0.4, -0.2) is 72.9 Å². The van der Waals surface area contributed by atoms with Gasteiger partial charge in [-0.1, -0.05) is 28.1 Å². The number of likely N-dealkylation sites (N-methyl/N-ethyl adjacent to an activating group) is 1. The summed E-state index contributed by atoms with van der Waals surface area (Å²) in [5.41, 5.74) is 3.71. The van der Waals surface area contributed by atoms with E-state index in [-0.39, 0.29) is 5.75 Å². The maximum absolute atomic E-state index is 10.6. The highest BCUT2D eigenvalue weighted by Crippen LogP contribution is 2.43. The van der Waals surface area contributed by atoms with Crippen LogP contribution in [-0.2, 0) is 13.0 Å². The fraction of sp³-hybridized carbons (Fsp3) is 0.484. The number of nitriles is 1. The monoisotopic (exact) mass is 602 g/mol. The number of piperazine rings is 1. The zero-order valence-corrected chi connectivity index (χ0v) is 24.5. The van der Waals surface area contributed by atoms with Gasteiger partial charge in [0.05, 0.1) is 0 Å². The molecule has 3 aromatic rings. The Bertz CT molecular complexity index is 1490. The molecule has 0 aliphatic carbocycles. The summed E-state index contributed by atoms with van der Waals surface area (Å²) < 4.78 is 7.43. The molecule has 40 heavy (non-hydrogen) atoms. The summed E-state index contributed by atoms with van der Waals surface area (Å²) in [6, 6.07) is 13.4. The standard InChI is InChI=1S/C31H35BrN6O2/c1-36-10-3-5-22(36)18-40-31-25(14-33)26-17-37(28-13-23(39)12-19-4-2-6-27(32)29(19)28)11-9-24(26)30(35-31)38-20-7-8-21(38)16-34-15-20/h2,4,6,12-13,20-22,34,39H,3,5,7-11,15-18H2,1H3/t20-,21+,22-/m0/s1. The zero-order valence-electron chi connectivity index (χ0n) is 22.9. The first-order valence-corrected chi connectivity index (χ1v) is 15.2. The number of aromatic nitrogens is 1. The van der Waals surface area contributed by atoms with Crippen LogP contribution < -0.4 is 19.9 Å². The van der Waals surface area contributed by atoms with E-state index in [1.54, 1.807) is 6.07 Å². The Hall–Kier alpha value is -3.06. The molecule has 4 aliphatic rings. The minimum Gasteiger partial charge on any atom is -0.508 e. The number of likely N-dealkylation sites (tertiary alicyclic amines) is 1. The topological polar surface area (TPSA) is 87.9 Å². The van der Waals surface area contributed by atoms with Crippen molar-refractivity contribution < 1.29 is 9.84 Å². The van der Waals surface area contributed by atoms with Crippen molar-refractivity contribution in [1.82, 2.24) is 15.2 Å². The van der Waals surface area contributed by atoms with Crippen LogP contribution in [0, 0.1) is 11.3 Å². The molecule has 3 fully saturated rings. The summed E-state index contributed by atoms with van der Waals surface area (Å²) in [5.74, 6) is 1.72. The molecule has 7 rings (SSSR count). The molecule has 3 saturated heterocycles. The number of rotatable bonds is 5. The number of aromatic hydroxyl groups is 1. The molecule has 2 bridgehead atoms. The van der Waals surface area contributed by atoms with Crippen LogP contribution in [0.4, 0.5) is 11.5 Å². The van der Waals surface area contributed by atoms with Crippen LogP contribution in [0.1, 0.15) is 42.4 Å². The van der Waals surface area contributed by atoms with E-state index in [4.69, 9.17) is 9.72 Å². The summed E-state index contributed by atoms with van der Waals surface area (Å²) in [4.78, 5) is 12.3. The molecule has 0 amide bonds. The second kappa shape index (κ2) is 10.4. The molecule has 2 N–H and O–H groups in total. The Balaban J connectivity index is 1.33. The number of phenols is 1. The van der Waals surface area contributed by atoms with Crippen LogP contribution in [0.5, 0.6) is 11.6 Å². The number of hydrogen-bond acceptors (Lipinski definition) is 8. The van der Waals surface area contributed by atoms with Gasteiger partial charge in [0.2, 0.25) is 5.88 Å². The number of anilines is 2. The Kier molecular flexibility index (Phi) is 6.73. The molecule has 4 aliphatic heterocycles. The lowest BCUT2D eigenvalue weighted by molar-refractivity contribution is 0.192. The third kappa shape index (κ3) is 4.37. The summed E-state index contributed by atoms with van der Waals surface area (Å²) in [6.45, 7) is 4.89. The number of pyridine rings is 1. The van der Waals surface area contributed by atoms with Gasteiger partial charge in [-0.25, -0.2) is 0 Å². The number of phenolic OH excluding ortho intramolecular Hbond substituents is 1. The summed E-state index contributed by atoms with van der Waals surface area (Å²) >= 11 is 3.74. The normalized spacial score (nSPS) is 24.4. The van der Waals surface area contributed by atoms with Crippen molar-refractivity contribution in [1.29, 1.82) is 5.26 Å². The van der Waals surface area contributed by atoms with Crippen molar-refractivity contribution in [3.8, 4) is 17.7 Å². The van der Waals surface area contributed by atoms with Gasteiger partial charge >= 0.3 is 0 Å². The molecular weight excluding hydrogens is 568 g/mol. The fourth-order valence-corrected chi connectivity index (χ4v) is 7.90. The van der Waals surface area contributed by atoms with Crippen molar-refractivity contribution in [3.63, 3.8) is 0 Å². The molecule has 0 saturated carbocycles. The quantitative estimate of drug-likeness (QED) is 0.440. The number of fused-ring (bicyclic) bond motifs is 4. The second-order valence-electron chi connectivity index (χ2n) is 11.7. The molecule has 5 heterocycles. The van der Waals surface area contributed by atoms with Crippen molar-refractivity contribution in [2.45, 2.75) is 56.8 Å². The number of benzene rings is 2. The Morgan fingerprint density at radius 1 is 1.15 bits per heavy atom. The molecule has 2 aromatic carbocycles. The minimum absolute atomic E-state index is 0.240. The van der Waals surface area contributed by atoms with Gasteiger partial charge in [-0.3, -0.25) is 0 Å². The predicted octanol–water partition coefficient (Wildman–Crippen LogP) is 4.55. The zero-order chi connectivity index (χ0) is 27.4. The first kappa shape index (κ1) is 25.9. The van der Waals surface area contributed by atoms with E-state index < -0.39 is 0 Å². The summed E-state index contributed by atoms with van der Waals surface area (Å²) in [6.07, 6.45) is 5.37. The highest BCUT2D eigenvalue weighted by atomic mass is 79.9. The van der Waals surface area contributed by atoms with Crippen LogP contribution in [0.15, 0.2) is 34.8 Å². The largest absolute Gasteiger partial charge is 0.508 e. The molecular formula is C31H35BrN6O2. The lowest BCUT2D eigenvalue weighted by Gasteiger charge is -2.40. The van der Waals surface area contributed by atoms with Gasteiger partial charge in [0, 0.05) is 77.0 Å². The Labute approximate surface area is 243 Å². The van der Waals surface area contributed by atoms with Gasteiger partial charge in [-0.15, -0.1) is 0 Å². The van der Waals surface area contributed by atoms with Crippen LogP contribution >= 0.6 is 15.9 Å². The Morgan fingerprint density at radius 3 is 2.73 bits per heavy atom. The fourth-order valence-electron chi connectivity index (χ4n) is 7.31. The molecule has 0 spiro atoms. The maximum Gasteiger partial charge on any atom is 0.234 e. The smallest absolute Gasteiger partial charge is 0.234 e. The van der Waals surface area contributed by atoms with E-state index in [1.165, 1.54) is 12.0 Å². The number of halogens is 1. The van der Waals surface area contributed by atoms with Gasteiger partial charge in [-0.2, -0.15) is 10.2 Å². The SMILES string of the molecule is CN1CCC[C@H]1COc1nc(N2[C@@H]3CC[C@H]2CNC3)c2c(c1C#N)CN(c1cc(O)cc3cccc(Br)c13)CC2. The van der Waals surface area contributed by atoms with Gasteiger partial charge in [0.1, 0.15) is 29.8 Å². The highest BCUT2D eigenvalue weighted by molar-refractivity contribution is 9.10. The Morgan fingerprint density at radius 2 is 1.98 bits per heavy atom. The molecule has 1 aromatic heterocycles. The summed E-state index contributed by atoms with van der Waals surface area (Å²) in [5, 5.41) is 26.7. The van der Waals surface area contributed by atoms with Gasteiger partial charge in [-0.05, 0) is 63.2 Å².